The fourth-order valence-electron chi connectivity index (χ4n) is 5.02. The molecule has 5 rings (SSSR count). The molecule has 2 heterocycles. The lowest BCUT2D eigenvalue weighted by Gasteiger charge is -2.26. The Bertz CT molecular complexity index is 1330. The molecule has 174 valence electrons. The molecule has 0 saturated carbocycles. The monoisotopic (exact) mass is 472 g/mol. The molecular formula is C29H29ClN2O2. The number of hydrogen-bond acceptors (Lipinski definition) is 4. The van der Waals surface area contributed by atoms with Gasteiger partial charge in [0.15, 0.2) is 0 Å². The first kappa shape index (κ1) is 22.9. The van der Waals surface area contributed by atoms with Gasteiger partial charge in [0.2, 0.25) is 0 Å². The highest BCUT2D eigenvalue weighted by atomic mass is 35.5. The number of pyridine rings is 1. The second kappa shape index (κ2) is 9.75. The molecule has 0 N–H and O–H groups in total. The number of aryl methyl sites for hydroxylation is 2. The second-order valence-corrected chi connectivity index (χ2v) is 9.23. The van der Waals surface area contributed by atoms with Gasteiger partial charge < -0.3 is 9.47 Å². The molecule has 34 heavy (non-hydrogen) atoms. The molecule has 4 aromatic rings. The predicted molar refractivity (Wildman–Crippen MR) is 140 cm³/mol. The van der Waals surface area contributed by atoms with Crippen LogP contribution in [0.1, 0.15) is 16.7 Å². The molecule has 0 aliphatic carbocycles. The van der Waals surface area contributed by atoms with Crippen LogP contribution in [0.4, 0.5) is 0 Å². The van der Waals surface area contributed by atoms with Crippen LogP contribution in [-0.4, -0.2) is 43.3 Å². The summed E-state index contributed by atoms with van der Waals surface area (Å²) in [6.45, 7) is 8.94. The van der Waals surface area contributed by atoms with Gasteiger partial charge >= 0.3 is 0 Å². The number of benzene rings is 3. The van der Waals surface area contributed by atoms with E-state index in [1.165, 1.54) is 27.8 Å². The van der Waals surface area contributed by atoms with Gasteiger partial charge in [0.25, 0.3) is 0 Å². The van der Waals surface area contributed by atoms with E-state index < -0.39 is 0 Å². The quantitative estimate of drug-likeness (QED) is 0.324. The summed E-state index contributed by atoms with van der Waals surface area (Å²) in [6.07, 6.45) is 1.85. The van der Waals surface area contributed by atoms with E-state index >= 15 is 0 Å². The Kier molecular flexibility index (Phi) is 6.55. The summed E-state index contributed by atoms with van der Waals surface area (Å²) in [5.74, 6) is 0.671. The lowest BCUT2D eigenvalue weighted by atomic mass is 9.89. The minimum absolute atomic E-state index is 0.617. The lowest BCUT2D eigenvalue weighted by Crippen LogP contribution is -2.35. The molecule has 1 aromatic heterocycles. The number of morpholine rings is 1. The predicted octanol–water partition coefficient (Wildman–Crippen LogP) is 6.68. The van der Waals surface area contributed by atoms with Crippen LogP contribution in [0.2, 0.25) is 5.02 Å². The van der Waals surface area contributed by atoms with Crippen molar-refractivity contribution in [2.24, 2.45) is 0 Å². The van der Waals surface area contributed by atoms with E-state index in [4.69, 9.17) is 21.1 Å². The minimum atomic E-state index is 0.617. The lowest BCUT2D eigenvalue weighted by molar-refractivity contribution is 0.0342. The number of nitrogens with zero attached hydrogens (tertiary/aromatic N) is 2. The molecule has 0 unspecified atom stereocenters. The van der Waals surface area contributed by atoms with E-state index in [0.717, 1.165) is 54.9 Å². The third-order valence-corrected chi connectivity index (χ3v) is 7.09. The van der Waals surface area contributed by atoms with Gasteiger partial charge in [-0.15, -0.1) is 0 Å². The molecule has 1 fully saturated rings. The van der Waals surface area contributed by atoms with Crippen molar-refractivity contribution in [2.75, 3.05) is 33.4 Å². The van der Waals surface area contributed by atoms with Crippen molar-refractivity contribution in [1.29, 1.82) is 0 Å². The van der Waals surface area contributed by atoms with Crippen molar-refractivity contribution in [3.63, 3.8) is 0 Å². The Balaban J connectivity index is 1.58. The Morgan fingerprint density at radius 1 is 1.00 bits per heavy atom. The number of methoxy groups -OCH3 is 1. The fraction of sp³-hybridized carbons (Fsp3) is 0.276. The van der Waals surface area contributed by atoms with Crippen molar-refractivity contribution in [3.8, 4) is 28.0 Å². The average molecular weight is 473 g/mol. The number of hydrogen-bond donors (Lipinski definition) is 0. The highest BCUT2D eigenvalue weighted by Crippen LogP contribution is 2.41. The van der Waals surface area contributed by atoms with E-state index in [-0.39, 0.29) is 0 Å². The van der Waals surface area contributed by atoms with Gasteiger partial charge in [0, 0.05) is 36.8 Å². The standard InChI is InChI=1S/C29H29ClN2O2/c1-19-17-25-28(23(11-12-31-25)24-5-4-6-26(33-3)29(24)30)20(2)27(19)22-9-7-21(8-10-22)18-32-13-15-34-16-14-32/h4-12,17H,13-16,18H2,1-3H3. The van der Waals surface area contributed by atoms with Crippen LogP contribution in [0.5, 0.6) is 5.75 Å². The molecule has 5 heteroatoms. The van der Waals surface area contributed by atoms with E-state index in [2.05, 4.69) is 54.1 Å². The smallest absolute Gasteiger partial charge is 0.138 e. The third-order valence-electron chi connectivity index (χ3n) is 6.70. The number of rotatable bonds is 5. The van der Waals surface area contributed by atoms with Gasteiger partial charge in [-0.1, -0.05) is 48.0 Å². The van der Waals surface area contributed by atoms with Crippen molar-refractivity contribution < 1.29 is 9.47 Å². The number of halogens is 1. The van der Waals surface area contributed by atoms with Crippen LogP contribution in [0.25, 0.3) is 33.2 Å². The Morgan fingerprint density at radius 2 is 1.76 bits per heavy atom. The number of fused-ring (bicyclic) bond motifs is 1. The van der Waals surface area contributed by atoms with Crippen molar-refractivity contribution >= 4 is 22.5 Å². The fourth-order valence-corrected chi connectivity index (χ4v) is 5.32. The maximum absolute atomic E-state index is 6.72. The topological polar surface area (TPSA) is 34.6 Å². The van der Waals surface area contributed by atoms with Crippen LogP contribution in [0, 0.1) is 13.8 Å². The maximum Gasteiger partial charge on any atom is 0.138 e. The SMILES string of the molecule is COc1cccc(-c2ccnc3cc(C)c(-c4ccc(CN5CCOCC5)cc4)c(C)c23)c1Cl. The Labute approximate surface area is 206 Å². The Morgan fingerprint density at radius 3 is 2.50 bits per heavy atom. The maximum atomic E-state index is 6.72. The first-order chi connectivity index (χ1) is 16.6. The van der Waals surface area contributed by atoms with Crippen LogP contribution in [0.15, 0.2) is 60.8 Å². The van der Waals surface area contributed by atoms with Crippen molar-refractivity contribution in [2.45, 2.75) is 20.4 Å². The van der Waals surface area contributed by atoms with Gasteiger partial charge in [-0.3, -0.25) is 9.88 Å². The van der Waals surface area contributed by atoms with Crippen LogP contribution < -0.4 is 4.74 Å². The minimum Gasteiger partial charge on any atom is -0.495 e. The molecule has 0 amide bonds. The first-order valence-corrected chi connectivity index (χ1v) is 12.1. The largest absolute Gasteiger partial charge is 0.495 e. The summed E-state index contributed by atoms with van der Waals surface area (Å²) >= 11 is 6.72. The van der Waals surface area contributed by atoms with Crippen LogP contribution in [-0.2, 0) is 11.3 Å². The molecule has 0 radical (unpaired) electrons. The highest BCUT2D eigenvalue weighted by molar-refractivity contribution is 6.35. The highest BCUT2D eigenvalue weighted by Gasteiger charge is 2.17. The van der Waals surface area contributed by atoms with Crippen molar-refractivity contribution in [3.05, 3.63) is 82.5 Å². The summed E-state index contributed by atoms with van der Waals surface area (Å²) < 4.78 is 10.9. The normalized spacial score (nSPS) is 14.5. The molecule has 1 saturated heterocycles. The molecule has 0 atom stereocenters. The van der Waals surface area contributed by atoms with E-state index in [1.807, 2.05) is 30.5 Å². The van der Waals surface area contributed by atoms with E-state index in [0.29, 0.717) is 10.8 Å². The molecule has 1 aliphatic rings. The van der Waals surface area contributed by atoms with E-state index in [1.54, 1.807) is 7.11 Å². The summed E-state index contributed by atoms with van der Waals surface area (Å²) in [4.78, 5) is 7.13. The second-order valence-electron chi connectivity index (χ2n) is 8.85. The number of ether oxygens (including phenoxy) is 2. The molecular weight excluding hydrogens is 444 g/mol. The third kappa shape index (κ3) is 4.29. The van der Waals surface area contributed by atoms with Crippen LogP contribution in [0.3, 0.4) is 0 Å². The average Bonchev–Trinajstić information content (AvgIpc) is 2.85. The van der Waals surface area contributed by atoms with Gasteiger partial charge in [-0.2, -0.15) is 0 Å². The summed E-state index contributed by atoms with van der Waals surface area (Å²) in [5.41, 5.74) is 9.20. The molecule has 4 nitrogen and oxygen atoms in total. The zero-order valence-electron chi connectivity index (χ0n) is 19.9. The van der Waals surface area contributed by atoms with Crippen LogP contribution >= 0.6 is 11.6 Å². The summed E-state index contributed by atoms with van der Waals surface area (Å²) in [6, 6.07) is 19.1. The Hall–Kier alpha value is -2.92. The van der Waals surface area contributed by atoms with Gasteiger partial charge in [-0.25, -0.2) is 0 Å². The van der Waals surface area contributed by atoms with Crippen molar-refractivity contribution in [1.82, 2.24) is 9.88 Å². The molecule has 0 bridgehead atoms. The van der Waals surface area contributed by atoms with Gasteiger partial charge in [0.05, 0.1) is 30.9 Å². The van der Waals surface area contributed by atoms with Gasteiger partial charge in [-0.05, 0) is 65.4 Å². The zero-order valence-corrected chi connectivity index (χ0v) is 20.7. The first-order valence-electron chi connectivity index (χ1n) is 11.7. The number of aromatic nitrogens is 1. The summed E-state index contributed by atoms with van der Waals surface area (Å²) in [5, 5.41) is 1.74. The molecule has 3 aromatic carbocycles. The van der Waals surface area contributed by atoms with E-state index in [9.17, 15) is 0 Å². The summed E-state index contributed by atoms with van der Waals surface area (Å²) in [7, 11) is 1.64. The molecule has 1 aliphatic heterocycles. The molecule has 0 spiro atoms. The zero-order chi connectivity index (χ0) is 23.7. The van der Waals surface area contributed by atoms with Gasteiger partial charge in [0.1, 0.15) is 5.75 Å².